The molecule has 5 nitrogen and oxygen atoms in total. The lowest BCUT2D eigenvalue weighted by atomic mass is 9.99. The molecule has 1 atom stereocenters. The van der Waals surface area contributed by atoms with Gasteiger partial charge in [0.15, 0.2) is 6.33 Å². The van der Waals surface area contributed by atoms with Gasteiger partial charge < -0.3 is 5.73 Å². The summed E-state index contributed by atoms with van der Waals surface area (Å²) in [5.74, 6) is 0. The van der Waals surface area contributed by atoms with Crippen molar-refractivity contribution in [1.82, 2.24) is 20.2 Å². The highest BCUT2D eigenvalue weighted by Gasteiger charge is 2.17. The van der Waals surface area contributed by atoms with Crippen molar-refractivity contribution in [2.75, 3.05) is 5.73 Å². The van der Waals surface area contributed by atoms with E-state index in [-0.39, 0.29) is 6.04 Å². The zero-order chi connectivity index (χ0) is 13.1. The summed E-state index contributed by atoms with van der Waals surface area (Å²) in [5.41, 5.74) is 8.64. The van der Waals surface area contributed by atoms with Crippen molar-refractivity contribution in [3.63, 3.8) is 0 Å². The van der Waals surface area contributed by atoms with Gasteiger partial charge in [-0.15, -0.1) is 10.2 Å². The molecule has 0 fully saturated rings. The number of hydrogen-bond donors (Lipinski definition) is 1. The molecule has 94 valence electrons. The van der Waals surface area contributed by atoms with Crippen molar-refractivity contribution >= 4 is 5.69 Å². The molecule has 1 aromatic heterocycles. The maximum absolute atomic E-state index is 5.73. The van der Waals surface area contributed by atoms with E-state index in [1.165, 1.54) is 6.33 Å². The fourth-order valence-electron chi connectivity index (χ4n) is 2.07. The lowest BCUT2D eigenvalue weighted by Gasteiger charge is -2.16. The molecule has 0 bridgehead atoms. The molecular formula is C14H13N5. The molecule has 19 heavy (non-hydrogen) atoms. The largest absolute Gasteiger partial charge is 0.399 e. The van der Waals surface area contributed by atoms with E-state index in [0.29, 0.717) is 0 Å². The van der Waals surface area contributed by atoms with Crippen LogP contribution in [0.3, 0.4) is 0 Å². The minimum atomic E-state index is -0.0932. The molecule has 2 aromatic carbocycles. The van der Waals surface area contributed by atoms with Crippen LogP contribution in [0.2, 0.25) is 0 Å². The Labute approximate surface area is 110 Å². The van der Waals surface area contributed by atoms with Crippen molar-refractivity contribution in [2.24, 2.45) is 0 Å². The summed E-state index contributed by atoms with van der Waals surface area (Å²) in [5, 5.41) is 12.0. The average Bonchev–Trinajstić information content (AvgIpc) is 2.96. The van der Waals surface area contributed by atoms with Crippen molar-refractivity contribution in [2.45, 2.75) is 6.04 Å². The molecular weight excluding hydrogens is 238 g/mol. The summed E-state index contributed by atoms with van der Waals surface area (Å²) in [6, 6.07) is 17.7. The Morgan fingerprint density at radius 2 is 1.58 bits per heavy atom. The second-order valence-corrected chi connectivity index (χ2v) is 4.24. The lowest BCUT2D eigenvalue weighted by molar-refractivity contribution is 0.504. The molecule has 1 unspecified atom stereocenters. The van der Waals surface area contributed by atoms with Gasteiger partial charge in [0.1, 0.15) is 6.04 Å². The number of nitrogen functional groups attached to an aromatic ring is 1. The Balaban J connectivity index is 2.10. The number of rotatable bonds is 3. The first kappa shape index (κ1) is 11.4. The first-order valence-electron chi connectivity index (χ1n) is 5.97. The Kier molecular flexibility index (Phi) is 2.94. The van der Waals surface area contributed by atoms with Crippen LogP contribution in [0.25, 0.3) is 0 Å². The smallest absolute Gasteiger partial charge is 0.162 e. The number of benzene rings is 2. The highest BCUT2D eigenvalue weighted by molar-refractivity contribution is 5.42. The normalized spacial score (nSPS) is 12.2. The van der Waals surface area contributed by atoms with Crippen LogP contribution in [0.4, 0.5) is 5.69 Å². The van der Waals surface area contributed by atoms with Crippen LogP contribution in [-0.2, 0) is 0 Å². The van der Waals surface area contributed by atoms with E-state index in [9.17, 15) is 0 Å². The number of hydrogen-bond acceptors (Lipinski definition) is 4. The Hall–Kier alpha value is -2.69. The Bertz CT molecular complexity index is 631. The fourth-order valence-corrected chi connectivity index (χ4v) is 2.07. The number of nitrogens with zero attached hydrogens (tertiary/aromatic N) is 4. The summed E-state index contributed by atoms with van der Waals surface area (Å²) in [6.45, 7) is 0. The zero-order valence-electron chi connectivity index (χ0n) is 10.2. The van der Waals surface area contributed by atoms with E-state index in [0.717, 1.165) is 16.8 Å². The monoisotopic (exact) mass is 251 g/mol. The van der Waals surface area contributed by atoms with Crippen LogP contribution in [0, 0.1) is 0 Å². The molecule has 0 aliphatic rings. The molecule has 0 aliphatic heterocycles. The van der Waals surface area contributed by atoms with Crippen LogP contribution >= 0.6 is 0 Å². The van der Waals surface area contributed by atoms with Gasteiger partial charge in [0.2, 0.25) is 0 Å². The van der Waals surface area contributed by atoms with E-state index < -0.39 is 0 Å². The summed E-state index contributed by atoms with van der Waals surface area (Å²) in [6.07, 6.45) is 1.44. The SMILES string of the molecule is Nc1ccc(C(c2ccccc2)n2ncnn2)cc1. The third-order valence-corrected chi connectivity index (χ3v) is 2.96. The second kappa shape index (κ2) is 4.89. The van der Waals surface area contributed by atoms with Crippen molar-refractivity contribution in [3.05, 3.63) is 72.1 Å². The molecule has 3 rings (SSSR count). The van der Waals surface area contributed by atoms with Crippen molar-refractivity contribution in [1.29, 1.82) is 0 Å². The molecule has 5 heteroatoms. The van der Waals surface area contributed by atoms with Crippen LogP contribution in [0.15, 0.2) is 60.9 Å². The molecule has 0 spiro atoms. The minimum Gasteiger partial charge on any atom is -0.399 e. The van der Waals surface area contributed by atoms with Crippen LogP contribution in [0.1, 0.15) is 17.2 Å². The van der Waals surface area contributed by atoms with Gasteiger partial charge in [0, 0.05) is 5.69 Å². The van der Waals surface area contributed by atoms with Crippen LogP contribution in [-0.4, -0.2) is 20.2 Å². The molecule has 0 aliphatic carbocycles. The van der Waals surface area contributed by atoms with E-state index in [1.54, 1.807) is 4.80 Å². The highest BCUT2D eigenvalue weighted by Crippen LogP contribution is 2.25. The molecule has 2 N–H and O–H groups in total. The molecule has 3 aromatic rings. The summed E-state index contributed by atoms with van der Waals surface area (Å²) < 4.78 is 0. The standard InChI is InChI=1S/C14H13N5/c15-13-8-6-12(7-9-13)14(19-17-10-16-18-19)11-4-2-1-3-5-11/h1-10,14H,15H2. The molecule has 1 heterocycles. The van der Waals surface area contributed by atoms with Gasteiger partial charge in [-0.05, 0) is 28.5 Å². The van der Waals surface area contributed by atoms with Gasteiger partial charge in [-0.25, -0.2) is 0 Å². The third kappa shape index (κ3) is 2.30. The zero-order valence-corrected chi connectivity index (χ0v) is 10.2. The Morgan fingerprint density at radius 1 is 0.895 bits per heavy atom. The molecule has 0 amide bonds. The predicted octanol–water partition coefficient (Wildman–Crippen LogP) is 1.89. The molecule has 0 radical (unpaired) electrons. The third-order valence-electron chi connectivity index (χ3n) is 2.96. The summed E-state index contributed by atoms with van der Waals surface area (Å²) >= 11 is 0. The van der Waals surface area contributed by atoms with E-state index >= 15 is 0 Å². The quantitative estimate of drug-likeness (QED) is 0.722. The number of aromatic nitrogens is 4. The highest BCUT2D eigenvalue weighted by atomic mass is 15.6. The average molecular weight is 251 g/mol. The van der Waals surface area contributed by atoms with Gasteiger partial charge in [-0.1, -0.05) is 42.5 Å². The van der Waals surface area contributed by atoms with Gasteiger partial charge in [-0.2, -0.15) is 4.80 Å². The minimum absolute atomic E-state index is 0.0932. The van der Waals surface area contributed by atoms with Crippen molar-refractivity contribution < 1.29 is 0 Å². The maximum Gasteiger partial charge on any atom is 0.162 e. The topological polar surface area (TPSA) is 69.6 Å². The van der Waals surface area contributed by atoms with Crippen LogP contribution < -0.4 is 5.73 Å². The van der Waals surface area contributed by atoms with E-state index in [2.05, 4.69) is 15.4 Å². The van der Waals surface area contributed by atoms with Gasteiger partial charge >= 0.3 is 0 Å². The second-order valence-electron chi connectivity index (χ2n) is 4.24. The fraction of sp³-hybridized carbons (Fsp3) is 0.0714. The summed E-state index contributed by atoms with van der Waals surface area (Å²) in [4.78, 5) is 1.60. The van der Waals surface area contributed by atoms with E-state index in [4.69, 9.17) is 5.73 Å². The number of nitrogens with two attached hydrogens (primary N) is 1. The first-order valence-corrected chi connectivity index (χ1v) is 5.97. The number of tetrazole rings is 1. The van der Waals surface area contributed by atoms with Crippen molar-refractivity contribution in [3.8, 4) is 0 Å². The maximum atomic E-state index is 5.73. The van der Waals surface area contributed by atoms with Crippen LogP contribution in [0.5, 0.6) is 0 Å². The molecule has 0 saturated heterocycles. The lowest BCUT2D eigenvalue weighted by Crippen LogP contribution is -2.15. The number of anilines is 1. The predicted molar refractivity (Wildman–Crippen MR) is 72.4 cm³/mol. The van der Waals surface area contributed by atoms with Gasteiger partial charge in [0.05, 0.1) is 0 Å². The summed E-state index contributed by atoms with van der Waals surface area (Å²) in [7, 11) is 0. The van der Waals surface area contributed by atoms with E-state index in [1.807, 2.05) is 54.6 Å². The Morgan fingerprint density at radius 3 is 2.21 bits per heavy atom. The van der Waals surface area contributed by atoms with Gasteiger partial charge in [-0.3, -0.25) is 0 Å². The first-order chi connectivity index (χ1) is 9.34. The molecule has 0 saturated carbocycles. The van der Waals surface area contributed by atoms with Gasteiger partial charge in [0.25, 0.3) is 0 Å².